The lowest BCUT2D eigenvalue weighted by Gasteiger charge is -2.32. The monoisotopic (exact) mass is 350 g/mol. The molecular weight excluding hydrogens is 324 g/mol. The lowest BCUT2D eigenvalue weighted by Crippen LogP contribution is -2.44. The highest BCUT2D eigenvalue weighted by Crippen LogP contribution is 2.35. The van der Waals surface area contributed by atoms with Crippen LogP contribution in [0.5, 0.6) is 0 Å². The minimum Gasteiger partial charge on any atom is -0.480 e. The number of nitrogens with two attached hydrogens (primary N) is 1. The summed E-state index contributed by atoms with van der Waals surface area (Å²) in [5.41, 5.74) is 7.92. The van der Waals surface area contributed by atoms with E-state index < -0.39 is 37.0 Å². The van der Waals surface area contributed by atoms with Gasteiger partial charge in [-0.05, 0) is 28.5 Å². The molecule has 25 heavy (non-hydrogen) atoms. The number of carboxylic acid groups (broad SMARTS) is 2. The van der Waals surface area contributed by atoms with Gasteiger partial charge in [-0.1, -0.05) is 45.9 Å². The molecule has 0 saturated heterocycles. The maximum atomic E-state index is 12.2. The summed E-state index contributed by atoms with van der Waals surface area (Å²) in [6.45, 7) is 6.65. The second-order valence-electron chi connectivity index (χ2n) is 6.66. The molecule has 4 N–H and O–H groups in total. The smallest absolute Gasteiger partial charge is 0.317 e. The van der Waals surface area contributed by atoms with Gasteiger partial charge in [0, 0.05) is 0 Å². The quantitative estimate of drug-likeness (QED) is 0.626. The van der Waals surface area contributed by atoms with Crippen LogP contribution in [0, 0.1) is 0 Å². The first-order valence-corrected chi connectivity index (χ1v) is 8.15. The Balaban J connectivity index is 3.63. The predicted molar refractivity (Wildman–Crippen MR) is 93.4 cm³/mol. The summed E-state index contributed by atoms with van der Waals surface area (Å²) in [5.74, 6) is -3.09. The van der Waals surface area contributed by atoms with Gasteiger partial charge in [-0.15, -0.1) is 0 Å². The third-order valence-electron chi connectivity index (χ3n) is 4.00. The average Bonchev–Trinajstić information content (AvgIpc) is 2.45. The number of hydrogen-bond donors (Lipinski definition) is 3. The highest BCUT2D eigenvalue weighted by molar-refractivity contribution is 5.84. The van der Waals surface area contributed by atoms with Crippen LogP contribution in [0.3, 0.4) is 0 Å². The molecule has 0 aliphatic rings. The standard InChI is InChI=1S/C18H26N2O5/c1-10(2)12-6-5-7-13(11(3)4)16(12)17(18(19)25)20(8-14(21)22)9-15(23)24/h5-7,10-11,17H,8-9H2,1-4H3,(H2,19,25)(H,21,22)(H,23,24). The number of carbonyl (C=O) groups is 3. The van der Waals surface area contributed by atoms with Gasteiger partial charge < -0.3 is 15.9 Å². The average molecular weight is 350 g/mol. The maximum absolute atomic E-state index is 12.2. The van der Waals surface area contributed by atoms with Crippen LogP contribution in [0.4, 0.5) is 0 Å². The predicted octanol–water partition coefficient (Wildman–Crippen LogP) is 1.93. The van der Waals surface area contributed by atoms with Crippen molar-refractivity contribution in [3.05, 3.63) is 34.9 Å². The number of benzene rings is 1. The summed E-state index contributed by atoms with van der Waals surface area (Å²) in [6, 6.07) is 4.48. The molecule has 1 unspecified atom stereocenters. The van der Waals surface area contributed by atoms with E-state index in [1.165, 1.54) is 0 Å². The van der Waals surface area contributed by atoms with Crippen molar-refractivity contribution in [1.82, 2.24) is 4.90 Å². The van der Waals surface area contributed by atoms with E-state index in [9.17, 15) is 14.4 Å². The number of primary amides is 1. The molecule has 1 amide bonds. The maximum Gasteiger partial charge on any atom is 0.317 e. The van der Waals surface area contributed by atoms with Gasteiger partial charge in [0.1, 0.15) is 6.04 Å². The van der Waals surface area contributed by atoms with Gasteiger partial charge >= 0.3 is 11.9 Å². The molecule has 7 nitrogen and oxygen atoms in total. The van der Waals surface area contributed by atoms with E-state index in [0.717, 1.165) is 16.0 Å². The summed E-state index contributed by atoms with van der Waals surface area (Å²) in [6.07, 6.45) is 0. The van der Waals surface area contributed by atoms with Crippen molar-refractivity contribution in [2.75, 3.05) is 13.1 Å². The van der Waals surface area contributed by atoms with Crippen LogP contribution < -0.4 is 5.73 Å². The van der Waals surface area contributed by atoms with Crippen LogP contribution in [0.1, 0.15) is 62.3 Å². The zero-order valence-electron chi connectivity index (χ0n) is 15.0. The SMILES string of the molecule is CC(C)c1cccc(C(C)C)c1C(C(N)=O)N(CC(=O)O)CC(=O)O. The van der Waals surface area contributed by atoms with E-state index in [2.05, 4.69) is 0 Å². The van der Waals surface area contributed by atoms with Gasteiger partial charge in [0.2, 0.25) is 5.91 Å². The number of nitrogens with zero attached hydrogens (tertiary/aromatic N) is 1. The van der Waals surface area contributed by atoms with E-state index in [4.69, 9.17) is 15.9 Å². The van der Waals surface area contributed by atoms with Crippen molar-refractivity contribution in [3.8, 4) is 0 Å². The highest BCUT2D eigenvalue weighted by Gasteiger charge is 2.33. The number of rotatable bonds is 9. The Labute approximate surface area is 147 Å². The van der Waals surface area contributed by atoms with Gasteiger partial charge in [0.05, 0.1) is 13.1 Å². The van der Waals surface area contributed by atoms with Crippen LogP contribution in [-0.4, -0.2) is 46.0 Å². The molecule has 1 rings (SSSR count). The molecule has 0 aromatic heterocycles. The molecule has 0 aliphatic heterocycles. The zero-order valence-corrected chi connectivity index (χ0v) is 15.0. The fraction of sp³-hybridized carbons (Fsp3) is 0.500. The molecule has 138 valence electrons. The Hall–Kier alpha value is -2.41. The summed E-state index contributed by atoms with van der Waals surface area (Å²) in [5, 5.41) is 18.3. The number of carboxylic acids is 2. The summed E-state index contributed by atoms with van der Waals surface area (Å²) < 4.78 is 0. The summed E-state index contributed by atoms with van der Waals surface area (Å²) in [4.78, 5) is 35.7. The fourth-order valence-corrected chi connectivity index (χ4v) is 3.02. The first kappa shape index (κ1) is 20.6. The number of aliphatic carboxylic acids is 2. The summed E-state index contributed by atoms with van der Waals surface area (Å²) in [7, 11) is 0. The Kier molecular flexibility index (Phi) is 7.11. The lowest BCUT2D eigenvalue weighted by molar-refractivity contribution is -0.144. The molecule has 0 aliphatic carbocycles. The third-order valence-corrected chi connectivity index (χ3v) is 4.00. The second kappa shape index (κ2) is 8.62. The molecule has 0 spiro atoms. The molecule has 0 fully saturated rings. The van der Waals surface area contributed by atoms with Gasteiger partial charge in [0.25, 0.3) is 0 Å². The lowest BCUT2D eigenvalue weighted by atomic mass is 9.84. The minimum atomic E-state index is -1.22. The third kappa shape index (κ3) is 5.29. The molecule has 0 radical (unpaired) electrons. The van der Waals surface area contributed by atoms with Crippen molar-refractivity contribution < 1.29 is 24.6 Å². The van der Waals surface area contributed by atoms with Crippen molar-refractivity contribution >= 4 is 17.8 Å². The topological polar surface area (TPSA) is 121 Å². The van der Waals surface area contributed by atoms with Crippen LogP contribution in [0.2, 0.25) is 0 Å². The van der Waals surface area contributed by atoms with Gasteiger partial charge in [-0.2, -0.15) is 0 Å². The molecule has 7 heteroatoms. The van der Waals surface area contributed by atoms with Gasteiger partial charge in [-0.25, -0.2) is 0 Å². The summed E-state index contributed by atoms with van der Waals surface area (Å²) >= 11 is 0. The van der Waals surface area contributed by atoms with E-state index in [1.54, 1.807) is 0 Å². The molecule has 0 bridgehead atoms. The van der Waals surface area contributed by atoms with E-state index in [0.29, 0.717) is 5.56 Å². The first-order chi connectivity index (χ1) is 11.6. The molecule has 1 aromatic rings. The second-order valence-corrected chi connectivity index (χ2v) is 6.66. The van der Waals surface area contributed by atoms with Crippen LogP contribution in [-0.2, 0) is 14.4 Å². The van der Waals surface area contributed by atoms with Crippen molar-refractivity contribution in [2.45, 2.75) is 45.6 Å². The van der Waals surface area contributed by atoms with Gasteiger partial charge in [-0.3, -0.25) is 19.3 Å². The van der Waals surface area contributed by atoms with Gasteiger partial charge in [0.15, 0.2) is 0 Å². The minimum absolute atomic E-state index is 0.0621. The number of amides is 1. The molecule has 1 aromatic carbocycles. The van der Waals surface area contributed by atoms with E-state index in [1.807, 2.05) is 45.9 Å². The molecule has 0 saturated carbocycles. The largest absolute Gasteiger partial charge is 0.480 e. The van der Waals surface area contributed by atoms with Crippen molar-refractivity contribution in [3.63, 3.8) is 0 Å². The normalized spacial score (nSPS) is 12.6. The Morgan fingerprint density at radius 1 is 0.960 bits per heavy atom. The Morgan fingerprint density at radius 3 is 1.64 bits per heavy atom. The van der Waals surface area contributed by atoms with Crippen LogP contribution >= 0.6 is 0 Å². The fourth-order valence-electron chi connectivity index (χ4n) is 3.02. The Bertz CT molecular complexity index is 613. The molecular formula is C18H26N2O5. The molecule has 0 heterocycles. The van der Waals surface area contributed by atoms with E-state index in [-0.39, 0.29) is 11.8 Å². The number of hydrogen-bond acceptors (Lipinski definition) is 4. The Morgan fingerprint density at radius 2 is 1.36 bits per heavy atom. The van der Waals surface area contributed by atoms with Crippen LogP contribution in [0.25, 0.3) is 0 Å². The van der Waals surface area contributed by atoms with E-state index >= 15 is 0 Å². The van der Waals surface area contributed by atoms with Crippen LogP contribution in [0.15, 0.2) is 18.2 Å². The molecule has 1 atom stereocenters. The number of carbonyl (C=O) groups excluding carboxylic acids is 1. The van der Waals surface area contributed by atoms with Crippen molar-refractivity contribution in [1.29, 1.82) is 0 Å². The van der Waals surface area contributed by atoms with Crippen molar-refractivity contribution in [2.24, 2.45) is 5.73 Å². The highest BCUT2D eigenvalue weighted by atomic mass is 16.4. The zero-order chi connectivity index (χ0) is 19.3. The first-order valence-electron chi connectivity index (χ1n) is 8.15.